The number of nitrogens with two attached hydrogens (primary N) is 1. The molecular formula is C17H21IN2. The first-order valence-electron chi connectivity index (χ1n) is 7.23. The SMILES string of the molecule is Cc1ccc2c3c(cccc13)C(N)C2N[C@H](C)CCI. The van der Waals surface area contributed by atoms with Gasteiger partial charge in [0.2, 0.25) is 0 Å². The van der Waals surface area contributed by atoms with Crippen LogP contribution in [-0.2, 0) is 0 Å². The lowest BCUT2D eigenvalue weighted by Gasteiger charge is -2.24. The second kappa shape index (κ2) is 5.62. The number of alkyl halides is 1. The normalized spacial score (nSPS) is 22.4. The molecule has 0 aliphatic heterocycles. The second-order valence-corrected chi connectivity index (χ2v) is 6.87. The zero-order valence-corrected chi connectivity index (χ0v) is 14.1. The van der Waals surface area contributed by atoms with Gasteiger partial charge >= 0.3 is 0 Å². The van der Waals surface area contributed by atoms with Crippen LogP contribution in [0.1, 0.15) is 42.1 Å². The van der Waals surface area contributed by atoms with Crippen LogP contribution >= 0.6 is 22.6 Å². The molecule has 1 aliphatic rings. The van der Waals surface area contributed by atoms with Crippen molar-refractivity contribution < 1.29 is 0 Å². The number of rotatable bonds is 4. The smallest absolute Gasteiger partial charge is 0.0524 e. The Morgan fingerprint density at radius 2 is 2.05 bits per heavy atom. The maximum atomic E-state index is 6.51. The van der Waals surface area contributed by atoms with E-state index in [1.54, 1.807) is 0 Å². The largest absolute Gasteiger partial charge is 0.322 e. The van der Waals surface area contributed by atoms with Gasteiger partial charge in [-0.2, -0.15) is 0 Å². The molecule has 0 bridgehead atoms. The third kappa shape index (κ3) is 2.26. The van der Waals surface area contributed by atoms with Crippen molar-refractivity contribution in [3.63, 3.8) is 0 Å². The lowest BCUT2D eigenvalue weighted by atomic mass is 10.00. The molecule has 3 rings (SSSR count). The summed E-state index contributed by atoms with van der Waals surface area (Å²) in [7, 11) is 0. The Morgan fingerprint density at radius 3 is 2.80 bits per heavy atom. The van der Waals surface area contributed by atoms with Crippen molar-refractivity contribution in [1.82, 2.24) is 5.32 Å². The molecule has 2 aromatic rings. The van der Waals surface area contributed by atoms with Crippen molar-refractivity contribution in [2.75, 3.05) is 4.43 Å². The van der Waals surface area contributed by atoms with Gasteiger partial charge in [-0.1, -0.05) is 52.9 Å². The van der Waals surface area contributed by atoms with E-state index in [0.29, 0.717) is 6.04 Å². The fourth-order valence-electron chi connectivity index (χ4n) is 3.27. The van der Waals surface area contributed by atoms with Gasteiger partial charge in [0.1, 0.15) is 0 Å². The fourth-order valence-corrected chi connectivity index (χ4v) is 4.20. The van der Waals surface area contributed by atoms with E-state index in [9.17, 15) is 0 Å². The molecule has 0 heterocycles. The first kappa shape index (κ1) is 14.3. The van der Waals surface area contributed by atoms with Gasteiger partial charge in [-0.05, 0) is 47.7 Å². The van der Waals surface area contributed by atoms with E-state index in [2.05, 4.69) is 72.1 Å². The van der Waals surface area contributed by atoms with Gasteiger partial charge in [-0.25, -0.2) is 0 Å². The Labute approximate surface area is 134 Å². The Balaban J connectivity index is 2.05. The van der Waals surface area contributed by atoms with Crippen molar-refractivity contribution in [1.29, 1.82) is 0 Å². The summed E-state index contributed by atoms with van der Waals surface area (Å²) in [4.78, 5) is 0. The number of aryl methyl sites for hydroxylation is 1. The van der Waals surface area contributed by atoms with Crippen LogP contribution < -0.4 is 11.1 Å². The average Bonchev–Trinajstić information content (AvgIpc) is 2.70. The first-order valence-corrected chi connectivity index (χ1v) is 8.75. The highest BCUT2D eigenvalue weighted by molar-refractivity contribution is 14.1. The Hall–Kier alpha value is -0.650. The molecule has 20 heavy (non-hydrogen) atoms. The molecule has 2 nitrogen and oxygen atoms in total. The minimum absolute atomic E-state index is 0.0622. The third-order valence-electron chi connectivity index (χ3n) is 4.38. The summed E-state index contributed by atoms with van der Waals surface area (Å²) in [5.74, 6) is 0. The molecule has 0 saturated heterocycles. The number of nitrogens with one attached hydrogen (secondary N) is 1. The Bertz CT molecular complexity index is 638. The van der Waals surface area contributed by atoms with E-state index in [4.69, 9.17) is 5.73 Å². The van der Waals surface area contributed by atoms with Crippen molar-refractivity contribution in [2.45, 2.75) is 38.4 Å². The summed E-state index contributed by atoms with van der Waals surface area (Å²) in [6.45, 7) is 4.42. The second-order valence-electron chi connectivity index (χ2n) is 5.79. The minimum atomic E-state index is 0.0622. The van der Waals surface area contributed by atoms with Crippen LogP contribution in [0.4, 0.5) is 0 Å². The molecule has 0 saturated carbocycles. The van der Waals surface area contributed by atoms with Crippen LogP contribution in [0.25, 0.3) is 10.8 Å². The molecule has 106 valence electrons. The lowest BCUT2D eigenvalue weighted by Crippen LogP contribution is -2.35. The van der Waals surface area contributed by atoms with Crippen LogP contribution in [0, 0.1) is 6.92 Å². The molecule has 0 fully saturated rings. The lowest BCUT2D eigenvalue weighted by molar-refractivity contribution is 0.409. The molecule has 2 unspecified atom stereocenters. The van der Waals surface area contributed by atoms with Gasteiger partial charge in [-0.15, -0.1) is 0 Å². The molecule has 3 atom stereocenters. The van der Waals surface area contributed by atoms with Gasteiger partial charge in [0.15, 0.2) is 0 Å². The van der Waals surface area contributed by atoms with E-state index in [-0.39, 0.29) is 12.1 Å². The predicted molar refractivity (Wildman–Crippen MR) is 94.5 cm³/mol. The number of halogens is 1. The standard InChI is InChI=1S/C17H21IN2/c1-10-6-7-14-15-12(10)4-3-5-13(15)16(19)17(14)20-11(2)8-9-18/h3-7,11,16-17,20H,8-9,19H2,1-2H3/t11-,16?,17?/m1/s1. The zero-order valence-electron chi connectivity index (χ0n) is 12.0. The molecular weight excluding hydrogens is 359 g/mol. The molecule has 3 N–H and O–H groups in total. The highest BCUT2D eigenvalue weighted by Crippen LogP contribution is 2.43. The highest BCUT2D eigenvalue weighted by atomic mass is 127. The van der Waals surface area contributed by atoms with Gasteiger partial charge < -0.3 is 11.1 Å². The van der Waals surface area contributed by atoms with Crippen molar-refractivity contribution >= 4 is 33.4 Å². The van der Waals surface area contributed by atoms with E-state index in [1.807, 2.05) is 0 Å². The van der Waals surface area contributed by atoms with Crippen LogP contribution in [0.15, 0.2) is 30.3 Å². The predicted octanol–water partition coefficient (Wildman–Crippen LogP) is 4.01. The monoisotopic (exact) mass is 380 g/mol. The molecule has 1 aliphatic carbocycles. The summed E-state index contributed by atoms with van der Waals surface area (Å²) in [6, 6.07) is 11.8. The molecule has 0 radical (unpaired) electrons. The quantitative estimate of drug-likeness (QED) is 0.622. The summed E-state index contributed by atoms with van der Waals surface area (Å²) < 4.78 is 1.17. The van der Waals surface area contributed by atoms with Gasteiger partial charge in [0.05, 0.1) is 6.04 Å². The van der Waals surface area contributed by atoms with Crippen molar-refractivity contribution in [3.8, 4) is 0 Å². The number of hydrogen-bond donors (Lipinski definition) is 2. The Kier molecular flexibility index (Phi) is 4.02. The first-order chi connectivity index (χ1) is 9.63. The molecule has 0 amide bonds. The van der Waals surface area contributed by atoms with E-state index in [1.165, 1.54) is 38.3 Å². The van der Waals surface area contributed by atoms with Crippen molar-refractivity contribution in [3.05, 3.63) is 47.0 Å². The Morgan fingerprint density at radius 1 is 1.25 bits per heavy atom. The summed E-state index contributed by atoms with van der Waals surface area (Å²) in [6.07, 6.45) is 1.18. The number of hydrogen-bond acceptors (Lipinski definition) is 2. The summed E-state index contributed by atoms with van der Waals surface area (Å²) in [5, 5.41) is 6.45. The minimum Gasteiger partial charge on any atom is -0.322 e. The van der Waals surface area contributed by atoms with Crippen LogP contribution in [0.5, 0.6) is 0 Å². The maximum Gasteiger partial charge on any atom is 0.0524 e. The van der Waals surface area contributed by atoms with Crippen LogP contribution in [0.2, 0.25) is 0 Å². The maximum absolute atomic E-state index is 6.51. The molecule has 0 spiro atoms. The third-order valence-corrected chi connectivity index (χ3v) is 5.01. The summed E-state index contributed by atoms with van der Waals surface area (Å²) in [5.41, 5.74) is 10.5. The summed E-state index contributed by atoms with van der Waals surface area (Å²) >= 11 is 2.43. The average molecular weight is 380 g/mol. The molecule has 0 aromatic heterocycles. The van der Waals surface area contributed by atoms with E-state index >= 15 is 0 Å². The number of benzene rings is 2. The zero-order chi connectivity index (χ0) is 14.3. The van der Waals surface area contributed by atoms with Crippen LogP contribution in [-0.4, -0.2) is 10.5 Å². The van der Waals surface area contributed by atoms with Gasteiger partial charge in [0, 0.05) is 16.5 Å². The molecule has 3 heteroatoms. The fraction of sp³-hybridized carbons (Fsp3) is 0.412. The van der Waals surface area contributed by atoms with E-state index < -0.39 is 0 Å². The van der Waals surface area contributed by atoms with E-state index in [0.717, 1.165) is 0 Å². The van der Waals surface area contributed by atoms with Gasteiger partial charge in [0.25, 0.3) is 0 Å². The van der Waals surface area contributed by atoms with Crippen LogP contribution in [0.3, 0.4) is 0 Å². The van der Waals surface area contributed by atoms with Gasteiger partial charge in [-0.3, -0.25) is 0 Å². The van der Waals surface area contributed by atoms with Crippen molar-refractivity contribution in [2.24, 2.45) is 5.73 Å². The topological polar surface area (TPSA) is 38.0 Å². The molecule has 2 aromatic carbocycles. The highest BCUT2D eigenvalue weighted by Gasteiger charge is 2.32.